The van der Waals surface area contributed by atoms with Crippen molar-refractivity contribution in [3.63, 3.8) is 0 Å². The van der Waals surface area contributed by atoms with Gasteiger partial charge < -0.3 is 14.7 Å². The van der Waals surface area contributed by atoms with Crippen molar-refractivity contribution in [2.75, 3.05) is 55.0 Å². The van der Waals surface area contributed by atoms with Gasteiger partial charge in [0.2, 0.25) is 11.9 Å². The Hall–Kier alpha value is -2.51. The van der Waals surface area contributed by atoms with Gasteiger partial charge in [0.15, 0.2) is 0 Å². The summed E-state index contributed by atoms with van der Waals surface area (Å²) < 4.78 is 27.4. The SMILES string of the molecule is CC(C)c1nc(N(C)C)nc(N2CCN(c3cc(F)ccc3F)CC2)n1. The third kappa shape index (κ3) is 3.84. The Bertz CT molecular complexity index is 746. The monoisotopic (exact) mass is 362 g/mol. The molecule has 0 radical (unpaired) electrons. The van der Waals surface area contributed by atoms with Gasteiger partial charge in [-0.15, -0.1) is 0 Å². The van der Waals surface area contributed by atoms with Gasteiger partial charge in [0.25, 0.3) is 0 Å². The molecular formula is C18H24F2N6. The lowest BCUT2D eigenvalue weighted by molar-refractivity contribution is 0.577. The largest absolute Gasteiger partial charge is 0.366 e. The van der Waals surface area contributed by atoms with Gasteiger partial charge in [0.1, 0.15) is 17.5 Å². The zero-order valence-electron chi connectivity index (χ0n) is 15.6. The van der Waals surface area contributed by atoms with Crippen LogP contribution in [0.15, 0.2) is 18.2 Å². The summed E-state index contributed by atoms with van der Waals surface area (Å²) in [6, 6.07) is 3.55. The van der Waals surface area contributed by atoms with Crippen LogP contribution in [0.3, 0.4) is 0 Å². The van der Waals surface area contributed by atoms with Crippen LogP contribution in [0.5, 0.6) is 0 Å². The number of hydrogen-bond donors (Lipinski definition) is 0. The number of aromatic nitrogens is 3. The molecule has 1 aliphatic heterocycles. The van der Waals surface area contributed by atoms with Crippen LogP contribution in [0.1, 0.15) is 25.6 Å². The van der Waals surface area contributed by atoms with E-state index in [-0.39, 0.29) is 5.92 Å². The van der Waals surface area contributed by atoms with E-state index in [0.29, 0.717) is 43.8 Å². The average Bonchev–Trinajstić information content (AvgIpc) is 2.63. The average molecular weight is 362 g/mol. The number of benzene rings is 1. The van der Waals surface area contributed by atoms with Gasteiger partial charge in [0, 0.05) is 52.3 Å². The lowest BCUT2D eigenvalue weighted by Crippen LogP contribution is -2.47. The van der Waals surface area contributed by atoms with Gasteiger partial charge in [-0.3, -0.25) is 0 Å². The van der Waals surface area contributed by atoms with Gasteiger partial charge in [-0.05, 0) is 12.1 Å². The number of piperazine rings is 1. The number of anilines is 3. The van der Waals surface area contributed by atoms with E-state index >= 15 is 0 Å². The number of nitrogens with zero attached hydrogens (tertiary/aromatic N) is 6. The Labute approximate surface area is 152 Å². The molecule has 0 saturated carbocycles. The Kier molecular flexibility index (Phi) is 5.20. The van der Waals surface area contributed by atoms with Crippen molar-refractivity contribution >= 4 is 17.6 Å². The van der Waals surface area contributed by atoms with Crippen LogP contribution in [0, 0.1) is 11.6 Å². The second kappa shape index (κ2) is 7.39. The zero-order chi connectivity index (χ0) is 18.8. The minimum absolute atomic E-state index is 0.193. The molecule has 140 valence electrons. The minimum Gasteiger partial charge on any atom is -0.366 e. The summed E-state index contributed by atoms with van der Waals surface area (Å²) in [7, 11) is 3.79. The molecular weight excluding hydrogens is 338 g/mol. The summed E-state index contributed by atoms with van der Waals surface area (Å²) in [6.45, 7) is 6.49. The highest BCUT2D eigenvalue weighted by atomic mass is 19.1. The molecule has 1 aliphatic rings. The van der Waals surface area contributed by atoms with Gasteiger partial charge in [0.05, 0.1) is 5.69 Å². The molecule has 3 rings (SSSR count). The summed E-state index contributed by atoms with van der Waals surface area (Å²) in [5, 5.41) is 0. The van der Waals surface area contributed by atoms with E-state index in [1.807, 2.05) is 37.7 Å². The fourth-order valence-corrected chi connectivity index (χ4v) is 2.84. The molecule has 0 aliphatic carbocycles. The van der Waals surface area contributed by atoms with Gasteiger partial charge in [-0.1, -0.05) is 13.8 Å². The second-order valence-electron chi connectivity index (χ2n) is 6.91. The fourth-order valence-electron chi connectivity index (χ4n) is 2.84. The lowest BCUT2D eigenvalue weighted by Gasteiger charge is -2.36. The Morgan fingerprint density at radius 2 is 1.62 bits per heavy atom. The van der Waals surface area contributed by atoms with E-state index in [2.05, 4.69) is 19.9 Å². The summed E-state index contributed by atoms with van der Waals surface area (Å²) >= 11 is 0. The molecule has 1 aromatic heterocycles. The van der Waals surface area contributed by atoms with Crippen molar-refractivity contribution in [3.8, 4) is 0 Å². The number of rotatable bonds is 4. The molecule has 0 spiro atoms. The van der Waals surface area contributed by atoms with E-state index in [1.165, 1.54) is 12.1 Å². The molecule has 0 atom stereocenters. The quantitative estimate of drug-likeness (QED) is 0.833. The third-order valence-electron chi connectivity index (χ3n) is 4.36. The molecule has 0 amide bonds. The molecule has 1 aromatic carbocycles. The molecule has 0 N–H and O–H groups in total. The van der Waals surface area contributed by atoms with Crippen molar-refractivity contribution in [1.82, 2.24) is 15.0 Å². The summed E-state index contributed by atoms with van der Waals surface area (Å²) in [6.07, 6.45) is 0. The molecule has 26 heavy (non-hydrogen) atoms. The summed E-state index contributed by atoms with van der Waals surface area (Å²) in [4.78, 5) is 19.4. The molecule has 8 heteroatoms. The van der Waals surface area contributed by atoms with E-state index in [4.69, 9.17) is 0 Å². The lowest BCUT2D eigenvalue weighted by atomic mass is 10.2. The van der Waals surface area contributed by atoms with Crippen LogP contribution in [0.2, 0.25) is 0 Å². The second-order valence-corrected chi connectivity index (χ2v) is 6.91. The maximum atomic E-state index is 14.0. The fraction of sp³-hybridized carbons (Fsp3) is 0.500. The summed E-state index contributed by atoms with van der Waals surface area (Å²) in [5.41, 5.74) is 0.303. The van der Waals surface area contributed by atoms with Crippen LogP contribution in [0.25, 0.3) is 0 Å². The standard InChI is InChI=1S/C18H24F2N6/c1-12(2)16-21-17(24(3)4)23-18(22-16)26-9-7-25(8-10-26)15-11-13(19)5-6-14(15)20/h5-6,11-12H,7-10H2,1-4H3. The first-order chi connectivity index (χ1) is 12.3. The van der Waals surface area contributed by atoms with Crippen molar-refractivity contribution < 1.29 is 8.78 Å². The highest BCUT2D eigenvalue weighted by Gasteiger charge is 2.23. The van der Waals surface area contributed by atoms with Crippen LogP contribution < -0.4 is 14.7 Å². The maximum absolute atomic E-state index is 14.0. The van der Waals surface area contributed by atoms with E-state index < -0.39 is 11.6 Å². The molecule has 0 bridgehead atoms. The molecule has 1 saturated heterocycles. The predicted molar refractivity (Wildman–Crippen MR) is 99.0 cm³/mol. The van der Waals surface area contributed by atoms with Crippen molar-refractivity contribution in [2.45, 2.75) is 19.8 Å². The van der Waals surface area contributed by atoms with E-state index in [0.717, 1.165) is 11.9 Å². The van der Waals surface area contributed by atoms with Gasteiger partial charge in [-0.25, -0.2) is 8.78 Å². The van der Waals surface area contributed by atoms with Gasteiger partial charge >= 0.3 is 0 Å². The highest BCUT2D eigenvalue weighted by Crippen LogP contribution is 2.24. The Balaban J connectivity index is 1.78. The first kappa shape index (κ1) is 18.3. The van der Waals surface area contributed by atoms with Crippen LogP contribution in [-0.2, 0) is 0 Å². The Morgan fingerprint density at radius 3 is 2.23 bits per heavy atom. The van der Waals surface area contributed by atoms with Crippen molar-refractivity contribution in [1.29, 1.82) is 0 Å². The van der Waals surface area contributed by atoms with E-state index in [1.54, 1.807) is 0 Å². The molecule has 1 fully saturated rings. The minimum atomic E-state index is -0.432. The van der Waals surface area contributed by atoms with Crippen molar-refractivity contribution in [3.05, 3.63) is 35.7 Å². The smallest absolute Gasteiger partial charge is 0.230 e. The zero-order valence-corrected chi connectivity index (χ0v) is 15.6. The first-order valence-corrected chi connectivity index (χ1v) is 8.73. The normalized spacial score (nSPS) is 14.9. The van der Waals surface area contributed by atoms with Crippen LogP contribution >= 0.6 is 0 Å². The molecule has 2 heterocycles. The first-order valence-electron chi connectivity index (χ1n) is 8.73. The highest BCUT2D eigenvalue weighted by molar-refractivity contribution is 5.50. The predicted octanol–water partition coefficient (Wildman–Crippen LogP) is 2.67. The van der Waals surface area contributed by atoms with Crippen LogP contribution in [0.4, 0.5) is 26.4 Å². The number of halogens is 2. The third-order valence-corrected chi connectivity index (χ3v) is 4.36. The topological polar surface area (TPSA) is 48.4 Å². The molecule has 6 nitrogen and oxygen atoms in total. The maximum Gasteiger partial charge on any atom is 0.230 e. The van der Waals surface area contributed by atoms with E-state index in [9.17, 15) is 8.78 Å². The van der Waals surface area contributed by atoms with Gasteiger partial charge in [-0.2, -0.15) is 15.0 Å². The summed E-state index contributed by atoms with van der Waals surface area (Å²) in [5.74, 6) is 1.36. The molecule has 0 unspecified atom stereocenters. The molecule has 2 aromatic rings. The van der Waals surface area contributed by atoms with Crippen molar-refractivity contribution in [2.24, 2.45) is 0 Å². The Morgan fingerprint density at radius 1 is 0.962 bits per heavy atom. The number of hydrogen-bond acceptors (Lipinski definition) is 6. The van der Waals surface area contributed by atoms with Crippen LogP contribution in [-0.4, -0.2) is 55.2 Å².